The fourth-order valence-electron chi connectivity index (χ4n) is 6.61. The molecule has 0 aliphatic heterocycles. The van der Waals surface area contributed by atoms with Crippen molar-refractivity contribution in [3.8, 4) is 0 Å². The van der Waals surface area contributed by atoms with Crippen molar-refractivity contribution in [2.45, 2.75) is 64.8 Å². The Morgan fingerprint density at radius 1 is 1.00 bits per heavy atom. The average molecular weight is 297 g/mol. The number of rotatable bonds is 2. The summed E-state index contributed by atoms with van der Waals surface area (Å²) in [5.74, 6) is 0.929. The van der Waals surface area contributed by atoms with Crippen molar-refractivity contribution >= 4 is 5.91 Å². The van der Waals surface area contributed by atoms with E-state index in [4.69, 9.17) is 0 Å². The highest BCUT2D eigenvalue weighted by atomic mass is 16.1. The van der Waals surface area contributed by atoms with E-state index in [0.29, 0.717) is 10.8 Å². The highest BCUT2D eigenvalue weighted by molar-refractivity contribution is 5.94. The Morgan fingerprint density at radius 2 is 1.59 bits per heavy atom. The Balaban J connectivity index is 1.60. The Bertz CT molecular complexity index is 599. The Kier molecular flexibility index (Phi) is 2.84. The smallest absolute Gasteiger partial charge is 0.251 e. The van der Waals surface area contributed by atoms with Gasteiger partial charge < -0.3 is 5.32 Å². The number of amides is 1. The molecule has 4 saturated carbocycles. The number of carbonyl (C=O) groups excluding carboxylic acids is 1. The summed E-state index contributed by atoms with van der Waals surface area (Å²) in [5.41, 5.74) is 2.93. The van der Waals surface area contributed by atoms with Gasteiger partial charge >= 0.3 is 0 Å². The van der Waals surface area contributed by atoms with Crippen molar-refractivity contribution in [1.29, 1.82) is 0 Å². The first-order valence-corrected chi connectivity index (χ1v) is 8.68. The molecule has 0 heterocycles. The molecule has 2 heteroatoms. The first-order valence-electron chi connectivity index (χ1n) is 8.68. The molecular weight excluding hydrogens is 270 g/mol. The summed E-state index contributed by atoms with van der Waals surface area (Å²) in [7, 11) is 0. The number of nitrogens with one attached hydrogen (secondary N) is 1. The van der Waals surface area contributed by atoms with Gasteiger partial charge in [0.1, 0.15) is 0 Å². The standard InChI is InChI=1S/C20H27NO/c1-14-4-6-16(7-5-14)17(22)21-20-10-15-8-18(2,12-20)11-19(3,9-15)13-20/h4-7,15H,8-13H2,1-3H3,(H,21,22)/t15?,18-,19+,20?. The van der Waals surface area contributed by atoms with Crippen LogP contribution in [0, 0.1) is 23.7 Å². The lowest BCUT2D eigenvalue weighted by molar-refractivity contribution is -0.114. The minimum absolute atomic E-state index is 0.0465. The number of benzene rings is 1. The molecule has 4 aliphatic rings. The van der Waals surface area contributed by atoms with Crippen LogP contribution in [0.2, 0.25) is 0 Å². The number of carbonyl (C=O) groups is 1. The van der Waals surface area contributed by atoms with Gasteiger partial charge in [0, 0.05) is 11.1 Å². The number of aryl methyl sites for hydroxylation is 1. The maximum atomic E-state index is 12.7. The van der Waals surface area contributed by atoms with Crippen molar-refractivity contribution in [1.82, 2.24) is 5.32 Å². The topological polar surface area (TPSA) is 29.1 Å². The maximum Gasteiger partial charge on any atom is 0.251 e. The molecule has 5 rings (SSSR count). The van der Waals surface area contributed by atoms with Crippen LogP contribution in [0.15, 0.2) is 24.3 Å². The normalized spacial score (nSPS) is 42.4. The summed E-state index contributed by atoms with van der Waals surface area (Å²) in [4.78, 5) is 12.7. The van der Waals surface area contributed by atoms with Gasteiger partial charge in [0.05, 0.1) is 0 Å². The zero-order valence-corrected chi connectivity index (χ0v) is 14.0. The van der Waals surface area contributed by atoms with Crippen molar-refractivity contribution in [3.63, 3.8) is 0 Å². The second-order valence-corrected chi connectivity index (χ2v) is 9.23. The summed E-state index contributed by atoms with van der Waals surface area (Å²) in [6.45, 7) is 6.95. The number of hydrogen-bond donors (Lipinski definition) is 1. The maximum absolute atomic E-state index is 12.7. The fraction of sp³-hybridized carbons (Fsp3) is 0.650. The monoisotopic (exact) mass is 297 g/mol. The summed E-state index contributed by atoms with van der Waals surface area (Å²) in [6.07, 6.45) is 7.61. The molecule has 4 aliphatic carbocycles. The average Bonchev–Trinajstić information content (AvgIpc) is 2.34. The molecule has 1 amide bonds. The zero-order chi connectivity index (χ0) is 15.6. The third-order valence-corrected chi connectivity index (χ3v) is 6.32. The van der Waals surface area contributed by atoms with Crippen LogP contribution in [-0.2, 0) is 0 Å². The van der Waals surface area contributed by atoms with Crippen LogP contribution in [0.1, 0.15) is 68.3 Å². The third-order valence-electron chi connectivity index (χ3n) is 6.32. The summed E-state index contributed by atoms with van der Waals surface area (Å²) in [6, 6.07) is 7.96. The number of hydrogen-bond acceptors (Lipinski definition) is 1. The quantitative estimate of drug-likeness (QED) is 0.857. The predicted molar refractivity (Wildman–Crippen MR) is 88.8 cm³/mol. The minimum atomic E-state index is 0.0465. The SMILES string of the molecule is Cc1ccc(C(=O)NC23CC4C[C@@](C)(C2)C[C@](C)(C4)C3)cc1. The van der Waals surface area contributed by atoms with E-state index >= 15 is 0 Å². The van der Waals surface area contributed by atoms with Gasteiger partial charge in [-0.15, -0.1) is 0 Å². The molecule has 4 bridgehead atoms. The van der Waals surface area contributed by atoms with Gasteiger partial charge in [-0.3, -0.25) is 4.79 Å². The van der Waals surface area contributed by atoms with E-state index in [1.54, 1.807) is 0 Å². The molecule has 0 aromatic heterocycles. The minimum Gasteiger partial charge on any atom is -0.347 e. The Hall–Kier alpha value is -1.31. The van der Waals surface area contributed by atoms with E-state index in [2.05, 4.69) is 26.1 Å². The van der Waals surface area contributed by atoms with Crippen LogP contribution in [0.5, 0.6) is 0 Å². The van der Waals surface area contributed by atoms with Gasteiger partial charge in [0.15, 0.2) is 0 Å². The Labute approximate surface area is 133 Å². The van der Waals surface area contributed by atoms with Gasteiger partial charge in [0.25, 0.3) is 5.91 Å². The van der Waals surface area contributed by atoms with E-state index in [0.717, 1.165) is 11.5 Å². The highest BCUT2D eigenvalue weighted by Gasteiger charge is 2.60. The van der Waals surface area contributed by atoms with Gasteiger partial charge in [0.2, 0.25) is 0 Å². The lowest BCUT2D eigenvalue weighted by Gasteiger charge is -2.65. The van der Waals surface area contributed by atoms with E-state index in [1.165, 1.54) is 44.1 Å². The molecule has 1 aromatic carbocycles. The zero-order valence-electron chi connectivity index (χ0n) is 14.0. The second kappa shape index (κ2) is 4.37. The van der Waals surface area contributed by atoms with Crippen LogP contribution in [0.3, 0.4) is 0 Å². The van der Waals surface area contributed by atoms with E-state index in [9.17, 15) is 4.79 Å². The second-order valence-electron chi connectivity index (χ2n) is 9.23. The van der Waals surface area contributed by atoms with Gasteiger partial charge in [-0.25, -0.2) is 0 Å². The predicted octanol–water partition coefficient (Wildman–Crippen LogP) is 4.47. The lowest BCUT2D eigenvalue weighted by atomic mass is 9.43. The molecule has 1 aromatic rings. The molecule has 4 fully saturated rings. The molecule has 0 radical (unpaired) electrons. The van der Waals surface area contributed by atoms with Crippen molar-refractivity contribution in [2.75, 3.05) is 0 Å². The Morgan fingerprint density at radius 3 is 2.14 bits per heavy atom. The van der Waals surface area contributed by atoms with Gasteiger partial charge in [-0.1, -0.05) is 31.5 Å². The molecule has 4 atom stereocenters. The van der Waals surface area contributed by atoms with Crippen LogP contribution in [0.4, 0.5) is 0 Å². The first-order chi connectivity index (χ1) is 10.3. The van der Waals surface area contributed by atoms with Crippen LogP contribution in [-0.4, -0.2) is 11.4 Å². The van der Waals surface area contributed by atoms with Crippen LogP contribution in [0.25, 0.3) is 0 Å². The summed E-state index contributed by atoms with van der Waals surface area (Å²) >= 11 is 0. The first kappa shape index (κ1) is 14.3. The van der Waals surface area contributed by atoms with Crippen molar-refractivity contribution < 1.29 is 4.79 Å². The molecule has 2 nitrogen and oxygen atoms in total. The highest BCUT2D eigenvalue weighted by Crippen LogP contribution is 2.66. The molecule has 2 unspecified atom stereocenters. The van der Waals surface area contributed by atoms with E-state index < -0.39 is 0 Å². The third kappa shape index (κ3) is 2.28. The van der Waals surface area contributed by atoms with Crippen LogP contribution < -0.4 is 5.32 Å². The summed E-state index contributed by atoms with van der Waals surface area (Å²) in [5, 5.41) is 3.47. The molecule has 118 valence electrons. The molecule has 1 N–H and O–H groups in total. The molecule has 0 saturated heterocycles. The van der Waals surface area contributed by atoms with Gasteiger partial charge in [-0.2, -0.15) is 0 Å². The van der Waals surface area contributed by atoms with Crippen molar-refractivity contribution in [2.24, 2.45) is 16.7 Å². The van der Waals surface area contributed by atoms with E-state index in [-0.39, 0.29) is 11.4 Å². The largest absolute Gasteiger partial charge is 0.347 e. The fourth-order valence-corrected chi connectivity index (χ4v) is 6.61. The molecule has 22 heavy (non-hydrogen) atoms. The lowest BCUT2D eigenvalue weighted by Crippen LogP contribution is -2.65. The van der Waals surface area contributed by atoms with Gasteiger partial charge in [-0.05, 0) is 74.3 Å². The van der Waals surface area contributed by atoms with E-state index in [1.807, 2.05) is 24.3 Å². The van der Waals surface area contributed by atoms with Crippen LogP contribution >= 0.6 is 0 Å². The molecular formula is C20H27NO. The van der Waals surface area contributed by atoms with Crippen molar-refractivity contribution in [3.05, 3.63) is 35.4 Å². The summed E-state index contributed by atoms with van der Waals surface area (Å²) < 4.78 is 0. The molecule has 0 spiro atoms.